The molecule has 4 atom stereocenters. The van der Waals surface area contributed by atoms with E-state index in [1.165, 1.54) is 0 Å². The second kappa shape index (κ2) is 10.1. The standard InChI is InChI=1S/C30H30ClN5O3S2/c31-22-12-21(15-33-16-22)29-34-26(24-13-19-11-20(19)14-25(24)28(37)35-30(17-32)5-6-30)27(40-29)18-1-3-23(4-2-18)36-7-9-41(38,39)10-8-36/h1-4,12,15-16,19-20,24-25H,5-11,13-14H2,(H,35,37)/t19?,20?,24?,25-/m0/s1. The molecule has 1 aliphatic heterocycles. The molecule has 3 aromatic rings. The molecule has 1 amide bonds. The van der Waals surface area contributed by atoms with Crippen molar-refractivity contribution in [1.29, 1.82) is 5.26 Å². The van der Waals surface area contributed by atoms with E-state index in [4.69, 9.17) is 16.6 Å². The lowest BCUT2D eigenvalue weighted by Gasteiger charge is -2.31. The average Bonchev–Trinajstić information content (AvgIpc) is 3.88. The minimum Gasteiger partial charge on any atom is -0.369 e. The summed E-state index contributed by atoms with van der Waals surface area (Å²) in [5.41, 5.74) is 3.07. The van der Waals surface area contributed by atoms with Gasteiger partial charge in [0.25, 0.3) is 0 Å². The largest absolute Gasteiger partial charge is 0.369 e. The molecule has 1 aromatic carbocycles. The van der Waals surface area contributed by atoms with Crippen molar-refractivity contribution in [3.8, 4) is 27.1 Å². The van der Waals surface area contributed by atoms with Gasteiger partial charge in [-0.1, -0.05) is 23.7 Å². The molecule has 2 aromatic heterocycles. The number of nitriles is 1. The molecule has 3 aliphatic carbocycles. The van der Waals surface area contributed by atoms with Crippen molar-refractivity contribution in [1.82, 2.24) is 15.3 Å². The highest BCUT2D eigenvalue weighted by molar-refractivity contribution is 7.91. The summed E-state index contributed by atoms with van der Waals surface area (Å²) >= 11 is 7.86. The van der Waals surface area contributed by atoms with Crippen molar-refractivity contribution >= 4 is 44.4 Å². The number of carbonyl (C=O) groups excluding carboxylic acids is 1. The van der Waals surface area contributed by atoms with Crippen LogP contribution in [0.1, 0.15) is 43.7 Å². The van der Waals surface area contributed by atoms with Gasteiger partial charge in [0.1, 0.15) is 10.5 Å². The second-order valence-electron chi connectivity index (χ2n) is 11.9. The number of carbonyl (C=O) groups is 1. The third-order valence-electron chi connectivity index (χ3n) is 9.13. The number of benzene rings is 1. The van der Waals surface area contributed by atoms with E-state index in [0.29, 0.717) is 42.8 Å². The zero-order valence-corrected chi connectivity index (χ0v) is 24.8. The SMILES string of the molecule is N#CC1(NC(=O)[C@H]2CC3CC3CC2c2nc(-c3cncc(Cl)c3)sc2-c2ccc(N3CCS(=O)(=O)CC3)cc2)CC1. The number of sulfone groups is 1. The molecule has 1 N–H and O–H groups in total. The average molecular weight is 608 g/mol. The molecule has 1 saturated heterocycles. The summed E-state index contributed by atoms with van der Waals surface area (Å²) in [6.45, 7) is 0.982. The summed E-state index contributed by atoms with van der Waals surface area (Å²) in [6.07, 6.45) is 7.66. The van der Waals surface area contributed by atoms with Crippen molar-refractivity contribution in [2.24, 2.45) is 17.8 Å². The third kappa shape index (κ3) is 5.36. The van der Waals surface area contributed by atoms with Gasteiger partial charge in [-0.3, -0.25) is 9.78 Å². The molecule has 4 aliphatic rings. The van der Waals surface area contributed by atoms with Crippen molar-refractivity contribution in [2.45, 2.75) is 43.6 Å². The summed E-state index contributed by atoms with van der Waals surface area (Å²) in [4.78, 5) is 26.2. The Morgan fingerprint density at radius 1 is 1.07 bits per heavy atom. The van der Waals surface area contributed by atoms with Crippen LogP contribution in [-0.4, -0.2) is 54.4 Å². The van der Waals surface area contributed by atoms with Gasteiger partial charge in [0.05, 0.1) is 33.2 Å². The number of halogens is 1. The van der Waals surface area contributed by atoms with Crippen LogP contribution in [0.25, 0.3) is 21.0 Å². The Morgan fingerprint density at radius 2 is 1.80 bits per heavy atom. The van der Waals surface area contributed by atoms with Crippen LogP contribution in [0, 0.1) is 29.1 Å². The second-order valence-corrected chi connectivity index (χ2v) is 15.7. The van der Waals surface area contributed by atoms with Crippen molar-refractivity contribution in [3.05, 3.63) is 53.4 Å². The summed E-state index contributed by atoms with van der Waals surface area (Å²) in [5, 5.41) is 14.0. The number of rotatable bonds is 6. The maximum atomic E-state index is 13.6. The van der Waals surface area contributed by atoms with Crippen LogP contribution in [0.2, 0.25) is 5.02 Å². The zero-order valence-electron chi connectivity index (χ0n) is 22.4. The minimum absolute atomic E-state index is 0.0280. The lowest BCUT2D eigenvalue weighted by atomic mass is 9.76. The summed E-state index contributed by atoms with van der Waals surface area (Å²) in [5.74, 6) is 1.22. The molecule has 0 spiro atoms. The van der Waals surface area contributed by atoms with Gasteiger partial charge in [-0.2, -0.15) is 5.26 Å². The molecule has 3 heterocycles. The number of nitrogens with one attached hydrogen (secondary N) is 1. The summed E-state index contributed by atoms with van der Waals surface area (Å²) in [6, 6.07) is 12.4. The highest BCUT2D eigenvalue weighted by atomic mass is 35.5. The highest BCUT2D eigenvalue weighted by Gasteiger charge is 2.52. The predicted molar refractivity (Wildman–Crippen MR) is 159 cm³/mol. The fourth-order valence-corrected chi connectivity index (χ4v) is 8.91. The summed E-state index contributed by atoms with van der Waals surface area (Å²) < 4.78 is 23.8. The Morgan fingerprint density at radius 3 is 2.49 bits per heavy atom. The van der Waals surface area contributed by atoms with Gasteiger partial charge < -0.3 is 10.2 Å². The summed E-state index contributed by atoms with van der Waals surface area (Å²) in [7, 11) is -2.96. The molecule has 4 fully saturated rings. The van der Waals surface area contributed by atoms with Gasteiger partial charge in [0.2, 0.25) is 5.91 Å². The molecule has 41 heavy (non-hydrogen) atoms. The number of nitrogens with zero attached hydrogens (tertiary/aromatic N) is 4. The van der Waals surface area contributed by atoms with Crippen molar-refractivity contribution < 1.29 is 13.2 Å². The number of amides is 1. The van der Waals surface area contributed by atoms with E-state index < -0.39 is 15.4 Å². The minimum atomic E-state index is -2.96. The Bertz CT molecular complexity index is 1650. The van der Waals surface area contributed by atoms with Gasteiger partial charge in [-0.05, 0) is 67.7 Å². The van der Waals surface area contributed by atoms with Crippen LogP contribution in [0.4, 0.5) is 5.69 Å². The molecule has 0 bridgehead atoms. The van der Waals surface area contributed by atoms with Crippen LogP contribution >= 0.6 is 22.9 Å². The number of anilines is 1. The van der Waals surface area contributed by atoms with E-state index in [2.05, 4.69) is 33.4 Å². The van der Waals surface area contributed by atoms with Crippen LogP contribution in [0.3, 0.4) is 0 Å². The first kappa shape index (κ1) is 26.9. The molecule has 3 saturated carbocycles. The van der Waals surface area contributed by atoms with Crippen LogP contribution in [-0.2, 0) is 14.6 Å². The fourth-order valence-electron chi connectivity index (χ4n) is 6.42. The van der Waals surface area contributed by atoms with Gasteiger partial charge in [-0.25, -0.2) is 13.4 Å². The van der Waals surface area contributed by atoms with Gasteiger partial charge in [0, 0.05) is 48.6 Å². The number of fused-ring (bicyclic) bond motifs is 1. The third-order valence-corrected chi connectivity index (χ3v) is 12.1. The maximum Gasteiger partial charge on any atom is 0.225 e. The molecule has 3 unspecified atom stereocenters. The number of hydrogen-bond acceptors (Lipinski definition) is 8. The maximum absolute atomic E-state index is 13.6. The van der Waals surface area contributed by atoms with E-state index >= 15 is 0 Å². The Balaban J connectivity index is 1.25. The van der Waals surface area contributed by atoms with Gasteiger partial charge in [0.15, 0.2) is 9.84 Å². The molecular formula is C30H30ClN5O3S2. The first-order valence-corrected chi connectivity index (χ1v) is 17.1. The lowest BCUT2D eigenvalue weighted by Crippen LogP contribution is -2.43. The fraction of sp³-hybridized carbons (Fsp3) is 0.467. The zero-order chi connectivity index (χ0) is 28.4. The van der Waals surface area contributed by atoms with Gasteiger partial charge in [-0.15, -0.1) is 11.3 Å². The predicted octanol–water partition coefficient (Wildman–Crippen LogP) is 5.06. The topological polar surface area (TPSA) is 116 Å². The number of thiazole rings is 1. The van der Waals surface area contributed by atoms with E-state index in [-0.39, 0.29) is 29.2 Å². The Labute approximate surface area is 248 Å². The van der Waals surface area contributed by atoms with Crippen LogP contribution < -0.4 is 10.2 Å². The van der Waals surface area contributed by atoms with E-state index in [0.717, 1.165) is 51.7 Å². The van der Waals surface area contributed by atoms with Crippen LogP contribution in [0.5, 0.6) is 0 Å². The van der Waals surface area contributed by atoms with E-state index in [1.807, 2.05) is 18.2 Å². The first-order chi connectivity index (χ1) is 19.7. The molecule has 0 radical (unpaired) electrons. The van der Waals surface area contributed by atoms with Gasteiger partial charge >= 0.3 is 0 Å². The molecule has 212 valence electrons. The quantitative estimate of drug-likeness (QED) is 0.416. The highest BCUT2D eigenvalue weighted by Crippen LogP contribution is 2.58. The normalized spacial score (nSPS) is 27.4. The molecule has 11 heteroatoms. The number of hydrogen-bond donors (Lipinski definition) is 1. The number of aromatic nitrogens is 2. The Hall–Kier alpha value is -3.00. The van der Waals surface area contributed by atoms with Crippen LogP contribution in [0.15, 0.2) is 42.7 Å². The van der Waals surface area contributed by atoms with E-state index in [1.54, 1.807) is 23.7 Å². The number of pyridine rings is 1. The van der Waals surface area contributed by atoms with E-state index in [9.17, 15) is 18.5 Å². The molecule has 7 rings (SSSR count). The lowest BCUT2D eigenvalue weighted by molar-refractivity contribution is -0.127. The Kier molecular flexibility index (Phi) is 6.60. The molecule has 8 nitrogen and oxygen atoms in total. The first-order valence-electron chi connectivity index (χ1n) is 14.1. The van der Waals surface area contributed by atoms with Crippen molar-refractivity contribution in [3.63, 3.8) is 0 Å². The van der Waals surface area contributed by atoms with Crippen molar-refractivity contribution in [2.75, 3.05) is 29.5 Å². The smallest absolute Gasteiger partial charge is 0.225 e. The molecular weight excluding hydrogens is 578 g/mol. The monoisotopic (exact) mass is 607 g/mol.